The first-order valence-electron chi connectivity index (χ1n) is 11.2. The molecule has 0 saturated carbocycles. The van der Waals surface area contributed by atoms with Crippen LogP contribution in [0.15, 0.2) is 82.4 Å². The van der Waals surface area contributed by atoms with Gasteiger partial charge in [0.1, 0.15) is 0 Å². The second-order valence-electron chi connectivity index (χ2n) is 7.90. The van der Waals surface area contributed by atoms with Gasteiger partial charge in [-0.15, -0.1) is 0 Å². The minimum atomic E-state index is -0.0629. The predicted octanol–water partition coefficient (Wildman–Crippen LogP) is 3.53. The maximum absolute atomic E-state index is 12.5. The van der Waals surface area contributed by atoms with Crippen LogP contribution < -0.4 is 5.32 Å². The largest absolute Gasteiger partial charge is 0.459 e. The molecular weight excluding hydrogens is 416 g/mol. The van der Waals surface area contributed by atoms with E-state index in [-0.39, 0.29) is 5.91 Å². The summed E-state index contributed by atoms with van der Waals surface area (Å²) in [4.78, 5) is 20.9. The molecule has 172 valence electrons. The lowest BCUT2D eigenvalue weighted by Crippen LogP contribution is -2.53. The summed E-state index contributed by atoms with van der Waals surface area (Å²) >= 11 is 0. The van der Waals surface area contributed by atoms with Crippen LogP contribution in [0.3, 0.4) is 0 Å². The van der Waals surface area contributed by atoms with Crippen LogP contribution in [0, 0.1) is 0 Å². The van der Waals surface area contributed by atoms with Gasteiger partial charge in [0.25, 0.3) is 5.91 Å². The van der Waals surface area contributed by atoms with Gasteiger partial charge in [-0.3, -0.25) is 9.79 Å². The van der Waals surface area contributed by atoms with Crippen molar-refractivity contribution in [2.45, 2.75) is 19.8 Å². The Morgan fingerprint density at radius 3 is 2.30 bits per heavy atom. The van der Waals surface area contributed by atoms with Gasteiger partial charge >= 0.3 is 0 Å². The molecular formula is C26H30N4O3. The highest BCUT2D eigenvalue weighted by Gasteiger charge is 2.25. The Morgan fingerprint density at radius 2 is 1.61 bits per heavy atom. The second-order valence-corrected chi connectivity index (χ2v) is 7.90. The number of hydrogen-bond donors (Lipinski definition) is 1. The summed E-state index contributed by atoms with van der Waals surface area (Å²) in [6.45, 7) is 4.49. The van der Waals surface area contributed by atoms with Gasteiger partial charge in [-0.2, -0.15) is 0 Å². The fourth-order valence-electron chi connectivity index (χ4n) is 3.91. The number of furan rings is 1. The van der Waals surface area contributed by atoms with Crippen molar-refractivity contribution in [3.8, 4) is 0 Å². The minimum absolute atomic E-state index is 0.0629. The SMILES string of the molecule is CN=C(NCc1ccccc1COCc1ccccc1)N1CCN(C(=O)c2ccco2)CC1. The lowest BCUT2D eigenvalue weighted by Gasteiger charge is -2.36. The number of carbonyl (C=O) groups is 1. The van der Waals surface area contributed by atoms with Crippen LogP contribution in [0.1, 0.15) is 27.2 Å². The maximum Gasteiger partial charge on any atom is 0.289 e. The summed E-state index contributed by atoms with van der Waals surface area (Å²) in [6.07, 6.45) is 1.53. The Morgan fingerprint density at radius 1 is 0.909 bits per heavy atom. The van der Waals surface area contributed by atoms with E-state index >= 15 is 0 Å². The van der Waals surface area contributed by atoms with Crippen LogP contribution in [0.4, 0.5) is 0 Å². The molecule has 1 aromatic heterocycles. The van der Waals surface area contributed by atoms with Crippen molar-refractivity contribution < 1.29 is 13.9 Å². The number of amides is 1. The predicted molar refractivity (Wildman–Crippen MR) is 128 cm³/mol. The summed E-state index contributed by atoms with van der Waals surface area (Å²) in [7, 11) is 1.79. The van der Waals surface area contributed by atoms with Crippen molar-refractivity contribution in [2.75, 3.05) is 33.2 Å². The lowest BCUT2D eigenvalue weighted by atomic mass is 10.1. The highest BCUT2D eigenvalue weighted by atomic mass is 16.5. The van der Waals surface area contributed by atoms with Gasteiger partial charge in [0.05, 0.1) is 19.5 Å². The van der Waals surface area contributed by atoms with E-state index in [0.29, 0.717) is 51.7 Å². The zero-order valence-electron chi connectivity index (χ0n) is 18.9. The molecule has 1 amide bonds. The molecule has 7 nitrogen and oxygen atoms in total. The van der Waals surface area contributed by atoms with Crippen LogP contribution in [-0.2, 0) is 24.5 Å². The van der Waals surface area contributed by atoms with Gasteiger partial charge in [0, 0.05) is 39.8 Å². The van der Waals surface area contributed by atoms with Crippen LogP contribution in [-0.4, -0.2) is 54.9 Å². The topological polar surface area (TPSA) is 70.3 Å². The van der Waals surface area contributed by atoms with Gasteiger partial charge in [-0.25, -0.2) is 0 Å². The standard InChI is InChI=1S/C26H30N4O3/c1-27-26(30-15-13-29(14-16-30)25(31)24-12-7-17-33-24)28-18-22-10-5-6-11-23(22)20-32-19-21-8-3-2-4-9-21/h2-12,17H,13-16,18-20H2,1H3,(H,27,28). The molecule has 3 aromatic rings. The Bertz CT molecular complexity index is 1040. The molecule has 0 unspecified atom stereocenters. The van der Waals surface area contributed by atoms with Crippen LogP contribution in [0.2, 0.25) is 0 Å². The third-order valence-electron chi connectivity index (χ3n) is 5.73. The van der Waals surface area contributed by atoms with Gasteiger partial charge < -0.3 is 24.3 Å². The highest BCUT2D eigenvalue weighted by Crippen LogP contribution is 2.13. The molecule has 1 aliphatic rings. The number of piperazine rings is 1. The molecule has 7 heteroatoms. The molecule has 1 fully saturated rings. The number of nitrogens with zero attached hydrogens (tertiary/aromatic N) is 3. The maximum atomic E-state index is 12.5. The molecule has 0 bridgehead atoms. The van der Waals surface area contributed by atoms with E-state index in [1.54, 1.807) is 19.2 Å². The first kappa shape index (κ1) is 22.6. The number of aliphatic imine (C=N–C) groups is 1. The molecule has 0 spiro atoms. The van der Waals surface area contributed by atoms with Gasteiger partial charge in [0.15, 0.2) is 11.7 Å². The lowest BCUT2D eigenvalue weighted by molar-refractivity contribution is 0.0657. The Hall–Kier alpha value is -3.58. The monoisotopic (exact) mass is 446 g/mol. The average molecular weight is 447 g/mol. The van der Waals surface area contributed by atoms with E-state index in [2.05, 4.69) is 39.5 Å². The summed E-state index contributed by atoms with van der Waals surface area (Å²) in [5, 5.41) is 3.47. The molecule has 0 radical (unpaired) electrons. The van der Waals surface area contributed by atoms with Crippen LogP contribution in [0.5, 0.6) is 0 Å². The van der Waals surface area contributed by atoms with E-state index in [0.717, 1.165) is 17.1 Å². The second kappa shape index (κ2) is 11.3. The summed E-state index contributed by atoms with van der Waals surface area (Å²) < 4.78 is 11.2. The molecule has 4 rings (SSSR count). The average Bonchev–Trinajstić information content (AvgIpc) is 3.41. The summed E-state index contributed by atoms with van der Waals surface area (Å²) in [5.41, 5.74) is 3.50. The molecule has 33 heavy (non-hydrogen) atoms. The van der Waals surface area contributed by atoms with Gasteiger partial charge in [-0.05, 0) is 28.8 Å². The molecule has 1 N–H and O–H groups in total. The van der Waals surface area contributed by atoms with E-state index in [1.807, 2.05) is 35.2 Å². The third-order valence-corrected chi connectivity index (χ3v) is 5.73. The number of ether oxygens (including phenoxy) is 1. The van der Waals surface area contributed by atoms with Crippen molar-refractivity contribution in [1.29, 1.82) is 0 Å². The molecule has 1 aliphatic heterocycles. The zero-order valence-corrected chi connectivity index (χ0v) is 18.9. The number of rotatable bonds is 7. The van der Waals surface area contributed by atoms with Crippen molar-refractivity contribution in [1.82, 2.24) is 15.1 Å². The molecule has 0 atom stereocenters. The van der Waals surface area contributed by atoms with E-state index in [9.17, 15) is 4.79 Å². The number of carbonyl (C=O) groups excluding carboxylic acids is 1. The van der Waals surface area contributed by atoms with Gasteiger partial charge in [0.2, 0.25) is 0 Å². The molecule has 0 aliphatic carbocycles. The van der Waals surface area contributed by atoms with Crippen molar-refractivity contribution >= 4 is 11.9 Å². The smallest absolute Gasteiger partial charge is 0.289 e. The van der Waals surface area contributed by atoms with Gasteiger partial charge in [-0.1, -0.05) is 54.6 Å². The van der Waals surface area contributed by atoms with Crippen LogP contribution in [0.25, 0.3) is 0 Å². The normalized spacial score (nSPS) is 14.4. The Labute approximate surface area is 194 Å². The molecule has 2 heterocycles. The molecule has 1 saturated heterocycles. The van der Waals surface area contributed by atoms with Crippen LogP contribution >= 0.6 is 0 Å². The number of hydrogen-bond acceptors (Lipinski definition) is 4. The number of guanidine groups is 1. The zero-order chi connectivity index (χ0) is 22.9. The summed E-state index contributed by atoms with van der Waals surface area (Å²) in [6, 6.07) is 21.9. The Kier molecular flexibility index (Phi) is 7.76. The van der Waals surface area contributed by atoms with E-state index < -0.39 is 0 Å². The first-order chi connectivity index (χ1) is 16.2. The number of benzene rings is 2. The van der Waals surface area contributed by atoms with Crippen molar-refractivity contribution in [3.63, 3.8) is 0 Å². The number of nitrogens with one attached hydrogen (secondary N) is 1. The quantitative estimate of drug-likeness (QED) is 0.444. The van der Waals surface area contributed by atoms with E-state index in [1.165, 1.54) is 11.8 Å². The highest BCUT2D eigenvalue weighted by molar-refractivity contribution is 5.91. The fourth-order valence-corrected chi connectivity index (χ4v) is 3.91. The van der Waals surface area contributed by atoms with Crippen molar-refractivity contribution in [2.24, 2.45) is 4.99 Å². The third kappa shape index (κ3) is 6.02. The minimum Gasteiger partial charge on any atom is -0.459 e. The fraction of sp³-hybridized carbons (Fsp3) is 0.308. The van der Waals surface area contributed by atoms with E-state index in [4.69, 9.17) is 9.15 Å². The first-order valence-corrected chi connectivity index (χ1v) is 11.2. The van der Waals surface area contributed by atoms with Crippen molar-refractivity contribution in [3.05, 3.63) is 95.4 Å². The summed E-state index contributed by atoms with van der Waals surface area (Å²) in [5.74, 6) is 1.16. The Balaban J connectivity index is 1.28. The molecule has 2 aromatic carbocycles.